The number of aromatic nitrogens is 3. The quantitative estimate of drug-likeness (QED) is 0.182. The maximum atomic E-state index is 6.54. The van der Waals surface area contributed by atoms with E-state index >= 15 is 0 Å². The van der Waals surface area contributed by atoms with Gasteiger partial charge in [0.15, 0.2) is 5.58 Å². The molecule has 8 aromatic carbocycles. The zero-order valence-electron chi connectivity index (χ0n) is 28.6. The fourth-order valence-corrected chi connectivity index (χ4v) is 8.12. The summed E-state index contributed by atoms with van der Waals surface area (Å²) in [5.41, 5.74) is 13.9. The number of para-hydroxylation sites is 3. The van der Waals surface area contributed by atoms with Crippen LogP contribution in [-0.4, -0.2) is 14.1 Å². The Morgan fingerprint density at radius 3 is 1.51 bits per heavy atom. The molecule has 3 heterocycles. The smallest absolute Gasteiger partial charge is 0.227 e. The summed E-state index contributed by atoms with van der Waals surface area (Å²) in [7, 11) is 0. The number of oxazole rings is 1. The first-order chi connectivity index (χ1) is 26.3. The van der Waals surface area contributed by atoms with Crippen LogP contribution in [-0.2, 0) is 0 Å². The van der Waals surface area contributed by atoms with Gasteiger partial charge in [0.1, 0.15) is 5.52 Å². The second kappa shape index (κ2) is 11.7. The molecule has 0 saturated heterocycles. The van der Waals surface area contributed by atoms with Crippen molar-refractivity contribution in [3.8, 4) is 45.1 Å². The molecule has 0 atom stereocenters. The molecule has 53 heavy (non-hydrogen) atoms. The molecule has 0 aliphatic heterocycles. The van der Waals surface area contributed by atoms with Crippen molar-refractivity contribution in [1.82, 2.24) is 14.1 Å². The van der Waals surface area contributed by atoms with E-state index in [-0.39, 0.29) is 0 Å². The van der Waals surface area contributed by atoms with Crippen LogP contribution in [0.2, 0.25) is 0 Å². The average molecular weight is 678 g/mol. The molecule has 0 aliphatic carbocycles. The van der Waals surface area contributed by atoms with Crippen LogP contribution in [0.4, 0.5) is 0 Å². The highest BCUT2D eigenvalue weighted by atomic mass is 16.3. The summed E-state index contributed by atoms with van der Waals surface area (Å²) in [5, 5.41) is 4.96. The van der Waals surface area contributed by atoms with Crippen LogP contribution in [0.15, 0.2) is 192 Å². The molecule has 0 amide bonds. The van der Waals surface area contributed by atoms with Gasteiger partial charge in [0.25, 0.3) is 0 Å². The topological polar surface area (TPSA) is 35.9 Å². The van der Waals surface area contributed by atoms with Gasteiger partial charge >= 0.3 is 0 Å². The zero-order valence-corrected chi connectivity index (χ0v) is 28.6. The minimum atomic E-state index is 0.604. The largest absolute Gasteiger partial charge is 0.436 e. The first-order valence-electron chi connectivity index (χ1n) is 18.0. The van der Waals surface area contributed by atoms with Gasteiger partial charge in [0.2, 0.25) is 5.89 Å². The molecule has 0 aliphatic rings. The van der Waals surface area contributed by atoms with Gasteiger partial charge in [0, 0.05) is 44.0 Å². The molecule has 0 radical (unpaired) electrons. The van der Waals surface area contributed by atoms with Crippen molar-refractivity contribution in [3.05, 3.63) is 188 Å². The van der Waals surface area contributed by atoms with Gasteiger partial charge in [-0.05, 0) is 89.5 Å². The second-order valence-electron chi connectivity index (χ2n) is 13.6. The first-order valence-corrected chi connectivity index (χ1v) is 18.0. The van der Waals surface area contributed by atoms with Gasteiger partial charge in [-0.3, -0.25) is 0 Å². The van der Waals surface area contributed by atoms with Crippen LogP contribution in [0, 0.1) is 0 Å². The Balaban J connectivity index is 1.03. The fraction of sp³-hybridized carbons (Fsp3) is 0. The summed E-state index contributed by atoms with van der Waals surface area (Å²) in [6, 6.07) is 66.6. The number of nitrogens with zero attached hydrogens (tertiary/aromatic N) is 3. The first kappa shape index (κ1) is 29.5. The highest BCUT2D eigenvalue weighted by Gasteiger charge is 2.18. The predicted molar refractivity (Wildman–Crippen MR) is 219 cm³/mol. The molecule has 4 nitrogen and oxygen atoms in total. The highest BCUT2D eigenvalue weighted by molar-refractivity contribution is 6.12. The lowest BCUT2D eigenvalue weighted by Crippen LogP contribution is -1.95. The molecule has 4 heteroatoms. The van der Waals surface area contributed by atoms with E-state index < -0.39 is 0 Å². The molecule has 0 spiro atoms. The summed E-state index contributed by atoms with van der Waals surface area (Å²) in [4.78, 5) is 5.09. The van der Waals surface area contributed by atoms with Gasteiger partial charge in [-0.25, -0.2) is 4.98 Å². The van der Waals surface area contributed by atoms with Crippen molar-refractivity contribution in [2.45, 2.75) is 0 Å². The third kappa shape index (κ3) is 4.66. The molecule has 0 saturated carbocycles. The molecule has 0 fully saturated rings. The van der Waals surface area contributed by atoms with Crippen LogP contribution in [0.25, 0.3) is 99.8 Å². The normalized spacial score (nSPS) is 11.8. The second-order valence-corrected chi connectivity index (χ2v) is 13.6. The van der Waals surface area contributed by atoms with Gasteiger partial charge in [-0.15, -0.1) is 0 Å². The maximum absolute atomic E-state index is 6.54. The number of hydrogen-bond acceptors (Lipinski definition) is 2. The van der Waals surface area contributed by atoms with Crippen LogP contribution < -0.4 is 0 Å². The minimum absolute atomic E-state index is 0.604. The van der Waals surface area contributed by atoms with Crippen molar-refractivity contribution in [2.24, 2.45) is 0 Å². The fourth-order valence-electron chi connectivity index (χ4n) is 8.12. The van der Waals surface area contributed by atoms with E-state index in [1.165, 1.54) is 32.6 Å². The predicted octanol–water partition coefficient (Wildman–Crippen LogP) is 13.0. The molecule has 0 bridgehead atoms. The third-order valence-corrected chi connectivity index (χ3v) is 10.6. The number of benzene rings is 8. The van der Waals surface area contributed by atoms with E-state index in [1.807, 2.05) is 12.1 Å². The lowest BCUT2D eigenvalue weighted by molar-refractivity contribution is 0.620. The van der Waals surface area contributed by atoms with Crippen LogP contribution in [0.3, 0.4) is 0 Å². The summed E-state index contributed by atoms with van der Waals surface area (Å²) in [6.45, 7) is 0. The minimum Gasteiger partial charge on any atom is -0.436 e. The summed E-state index contributed by atoms with van der Waals surface area (Å²) >= 11 is 0. The van der Waals surface area contributed by atoms with Gasteiger partial charge in [-0.1, -0.05) is 115 Å². The SMILES string of the molecule is c1ccc(-c2cc(-c3ccccc3)c3nc(-c4ccc(-n5c6ccccc6c6cc(-n7c8ccccc8c8ccccc87)ccc65)cc4)oc3c2)cc1. The van der Waals surface area contributed by atoms with E-state index in [0.29, 0.717) is 5.89 Å². The van der Waals surface area contributed by atoms with E-state index in [9.17, 15) is 0 Å². The number of rotatable bonds is 5. The Hall–Kier alpha value is -7.17. The van der Waals surface area contributed by atoms with E-state index in [2.05, 4.69) is 185 Å². The van der Waals surface area contributed by atoms with Gasteiger partial charge in [0.05, 0.1) is 22.1 Å². The standard InChI is InChI=1S/C49H31N3O/c1-3-13-32(14-4-1)35-29-41(33-15-5-2-6-16-33)48-47(30-35)53-49(50-48)34-23-25-36(26-24-34)51-45-22-12-9-19-40(45)42-31-37(27-28-46(42)51)52-43-20-10-7-17-38(43)39-18-8-11-21-44(39)52/h1-31H. The Morgan fingerprint density at radius 1 is 0.358 bits per heavy atom. The summed E-state index contributed by atoms with van der Waals surface area (Å²) < 4.78 is 11.3. The summed E-state index contributed by atoms with van der Waals surface area (Å²) in [5.74, 6) is 0.604. The van der Waals surface area contributed by atoms with Crippen LogP contribution in [0.5, 0.6) is 0 Å². The monoisotopic (exact) mass is 677 g/mol. The highest BCUT2D eigenvalue weighted by Crippen LogP contribution is 2.39. The maximum Gasteiger partial charge on any atom is 0.227 e. The molecule has 0 N–H and O–H groups in total. The van der Waals surface area contributed by atoms with Crippen molar-refractivity contribution in [3.63, 3.8) is 0 Å². The van der Waals surface area contributed by atoms with E-state index in [0.717, 1.165) is 61.3 Å². The van der Waals surface area contributed by atoms with Crippen molar-refractivity contribution in [1.29, 1.82) is 0 Å². The van der Waals surface area contributed by atoms with Crippen LogP contribution in [0.1, 0.15) is 0 Å². The van der Waals surface area contributed by atoms with E-state index in [4.69, 9.17) is 9.40 Å². The number of fused-ring (bicyclic) bond motifs is 7. The molecular weight excluding hydrogens is 647 g/mol. The van der Waals surface area contributed by atoms with Gasteiger partial charge < -0.3 is 13.6 Å². The van der Waals surface area contributed by atoms with Crippen LogP contribution >= 0.6 is 0 Å². The molecule has 0 unspecified atom stereocenters. The molecule has 3 aromatic heterocycles. The van der Waals surface area contributed by atoms with E-state index in [1.54, 1.807) is 0 Å². The van der Waals surface area contributed by atoms with Crippen molar-refractivity contribution >= 4 is 54.7 Å². The molecule has 248 valence electrons. The third-order valence-electron chi connectivity index (χ3n) is 10.6. The lowest BCUT2D eigenvalue weighted by Gasteiger charge is -2.10. The van der Waals surface area contributed by atoms with Crippen molar-refractivity contribution in [2.75, 3.05) is 0 Å². The van der Waals surface area contributed by atoms with Gasteiger partial charge in [-0.2, -0.15) is 0 Å². The Morgan fingerprint density at radius 2 is 0.868 bits per heavy atom. The Labute approximate surface area is 305 Å². The Bertz CT molecular complexity index is 3100. The zero-order chi connectivity index (χ0) is 34.9. The molecule has 11 aromatic rings. The average Bonchev–Trinajstić information content (AvgIpc) is 3.91. The van der Waals surface area contributed by atoms with Crippen molar-refractivity contribution < 1.29 is 4.42 Å². The lowest BCUT2D eigenvalue weighted by atomic mass is 9.98. The Kier molecular flexibility index (Phi) is 6.52. The summed E-state index contributed by atoms with van der Waals surface area (Å²) in [6.07, 6.45) is 0. The number of hydrogen-bond donors (Lipinski definition) is 0. The molecule has 11 rings (SSSR count). The molecular formula is C49H31N3O.